The van der Waals surface area contributed by atoms with E-state index in [1.807, 2.05) is 23.1 Å². The molecule has 0 bridgehead atoms. The first kappa shape index (κ1) is 13.1. The Balaban J connectivity index is 2.15. The first-order valence-corrected chi connectivity index (χ1v) is 6.80. The third-order valence-corrected chi connectivity index (χ3v) is 3.69. The molecule has 0 aliphatic carbocycles. The van der Waals surface area contributed by atoms with Crippen LogP contribution in [-0.4, -0.2) is 36.5 Å². The molecule has 1 aliphatic heterocycles. The number of hydrogen-bond acceptors (Lipinski definition) is 2. The molecular formula is C15H22N2O. The van der Waals surface area contributed by atoms with Crippen LogP contribution >= 0.6 is 0 Å². The zero-order valence-electron chi connectivity index (χ0n) is 11.2. The number of benzene rings is 1. The molecule has 1 N–H and O–H groups in total. The maximum Gasteiger partial charge on any atom is 0.230 e. The van der Waals surface area contributed by atoms with Crippen LogP contribution in [0.1, 0.15) is 31.7 Å². The highest BCUT2D eigenvalue weighted by molar-refractivity contribution is 5.84. The number of rotatable bonds is 3. The Hall–Kier alpha value is -1.35. The van der Waals surface area contributed by atoms with Crippen LogP contribution in [0.3, 0.4) is 0 Å². The largest absolute Gasteiger partial charge is 0.337 e. The Morgan fingerprint density at radius 1 is 1.44 bits per heavy atom. The number of hydrogen-bond donors (Lipinski definition) is 1. The fourth-order valence-corrected chi connectivity index (χ4v) is 2.61. The molecule has 3 nitrogen and oxygen atoms in total. The summed E-state index contributed by atoms with van der Waals surface area (Å²) < 4.78 is 0. The minimum atomic E-state index is 0.00625. The highest BCUT2D eigenvalue weighted by Crippen LogP contribution is 2.23. The van der Waals surface area contributed by atoms with Gasteiger partial charge in [-0.3, -0.25) is 4.79 Å². The van der Waals surface area contributed by atoms with Gasteiger partial charge in [0.1, 0.15) is 0 Å². The van der Waals surface area contributed by atoms with Gasteiger partial charge in [-0.25, -0.2) is 0 Å². The monoisotopic (exact) mass is 246 g/mol. The minimum Gasteiger partial charge on any atom is -0.337 e. The summed E-state index contributed by atoms with van der Waals surface area (Å²) >= 11 is 0. The molecular weight excluding hydrogens is 224 g/mol. The molecule has 0 saturated carbocycles. The van der Waals surface area contributed by atoms with Crippen LogP contribution in [0.2, 0.25) is 0 Å². The number of nitrogens with one attached hydrogen (secondary N) is 1. The van der Waals surface area contributed by atoms with Crippen molar-refractivity contribution in [2.75, 3.05) is 19.6 Å². The van der Waals surface area contributed by atoms with Crippen LogP contribution in [0.4, 0.5) is 0 Å². The van der Waals surface area contributed by atoms with Crippen molar-refractivity contribution >= 4 is 5.91 Å². The van der Waals surface area contributed by atoms with E-state index in [0.29, 0.717) is 6.04 Å². The summed E-state index contributed by atoms with van der Waals surface area (Å²) in [5.74, 6) is 0.282. The lowest BCUT2D eigenvalue weighted by Gasteiger charge is -2.36. The van der Waals surface area contributed by atoms with Gasteiger partial charge in [0.15, 0.2) is 0 Å². The van der Waals surface area contributed by atoms with Gasteiger partial charge in [0, 0.05) is 25.7 Å². The van der Waals surface area contributed by atoms with Crippen LogP contribution in [0.25, 0.3) is 0 Å². The number of carbonyl (C=O) groups excluding carboxylic acids is 1. The predicted molar refractivity (Wildman–Crippen MR) is 73.5 cm³/mol. The lowest BCUT2D eigenvalue weighted by Crippen LogP contribution is -2.53. The minimum absolute atomic E-state index is 0.00625. The molecule has 1 saturated heterocycles. The molecule has 18 heavy (non-hydrogen) atoms. The molecule has 1 aliphatic rings. The number of nitrogens with zero attached hydrogens (tertiary/aromatic N) is 1. The zero-order chi connectivity index (χ0) is 13.0. The molecule has 3 heteroatoms. The SMILES string of the molecule is CC[C@@H](C(=O)N1CCNC[C@@H]1C)c1ccccc1. The second-order valence-electron chi connectivity index (χ2n) is 4.96. The van der Waals surface area contributed by atoms with Crippen LogP contribution in [0, 0.1) is 0 Å². The fourth-order valence-electron chi connectivity index (χ4n) is 2.61. The summed E-state index contributed by atoms with van der Waals surface area (Å²) in [5, 5.41) is 3.32. The molecule has 1 amide bonds. The topological polar surface area (TPSA) is 32.3 Å². The van der Waals surface area contributed by atoms with Crippen LogP contribution in [0.15, 0.2) is 30.3 Å². The number of piperazine rings is 1. The van der Waals surface area contributed by atoms with Crippen LogP contribution in [-0.2, 0) is 4.79 Å². The molecule has 0 unspecified atom stereocenters. The first-order valence-electron chi connectivity index (χ1n) is 6.80. The summed E-state index contributed by atoms with van der Waals surface area (Å²) in [5.41, 5.74) is 1.13. The average molecular weight is 246 g/mol. The van der Waals surface area contributed by atoms with E-state index >= 15 is 0 Å². The van der Waals surface area contributed by atoms with Crippen molar-refractivity contribution in [2.24, 2.45) is 0 Å². The third-order valence-electron chi connectivity index (χ3n) is 3.69. The van der Waals surface area contributed by atoms with Crippen molar-refractivity contribution in [3.05, 3.63) is 35.9 Å². The molecule has 2 atom stereocenters. The van der Waals surface area contributed by atoms with E-state index in [-0.39, 0.29) is 11.8 Å². The Morgan fingerprint density at radius 2 is 2.17 bits per heavy atom. The van der Waals surface area contributed by atoms with Gasteiger partial charge < -0.3 is 10.2 Å². The number of amides is 1. The Morgan fingerprint density at radius 3 is 2.78 bits per heavy atom. The van der Waals surface area contributed by atoms with Gasteiger partial charge in [-0.05, 0) is 18.9 Å². The molecule has 1 fully saturated rings. The van der Waals surface area contributed by atoms with E-state index < -0.39 is 0 Å². The summed E-state index contributed by atoms with van der Waals surface area (Å²) in [6.45, 7) is 6.83. The highest BCUT2D eigenvalue weighted by atomic mass is 16.2. The highest BCUT2D eigenvalue weighted by Gasteiger charge is 2.28. The van der Waals surface area contributed by atoms with Gasteiger partial charge in [0.2, 0.25) is 5.91 Å². The van der Waals surface area contributed by atoms with Crippen molar-refractivity contribution in [3.8, 4) is 0 Å². The lowest BCUT2D eigenvalue weighted by molar-refractivity contribution is -0.135. The smallest absolute Gasteiger partial charge is 0.230 e. The summed E-state index contributed by atoms with van der Waals surface area (Å²) in [6.07, 6.45) is 0.861. The predicted octanol–water partition coefficient (Wildman–Crippen LogP) is 2.00. The van der Waals surface area contributed by atoms with E-state index in [2.05, 4.69) is 31.3 Å². The van der Waals surface area contributed by atoms with E-state index in [1.54, 1.807) is 0 Å². The van der Waals surface area contributed by atoms with Crippen molar-refractivity contribution in [2.45, 2.75) is 32.2 Å². The molecule has 98 valence electrons. The maximum absolute atomic E-state index is 12.6. The second kappa shape index (κ2) is 6.01. The fraction of sp³-hybridized carbons (Fsp3) is 0.533. The van der Waals surface area contributed by atoms with E-state index in [0.717, 1.165) is 31.6 Å². The summed E-state index contributed by atoms with van der Waals surface area (Å²) in [4.78, 5) is 14.7. The Labute approximate surface area is 109 Å². The van der Waals surface area contributed by atoms with Crippen LogP contribution in [0.5, 0.6) is 0 Å². The molecule has 0 spiro atoms. The molecule has 1 aromatic carbocycles. The molecule has 1 aromatic rings. The molecule has 0 aromatic heterocycles. The maximum atomic E-state index is 12.6. The van der Waals surface area contributed by atoms with Gasteiger partial charge in [-0.15, -0.1) is 0 Å². The van der Waals surface area contributed by atoms with Crippen molar-refractivity contribution in [1.29, 1.82) is 0 Å². The lowest BCUT2D eigenvalue weighted by atomic mass is 9.94. The quantitative estimate of drug-likeness (QED) is 0.884. The standard InChI is InChI=1S/C15H22N2O/c1-3-14(13-7-5-4-6-8-13)15(18)17-10-9-16-11-12(17)2/h4-8,12,14,16H,3,9-11H2,1-2H3/t12-,14+/m0/s1. The van der Waals surface area contributed by atoms with Gasteiger partial charge in [-0.1, -0.05) is 37.3 Å². The molecule has 0 radical (unpaired) electrons. The second-order valence-corrected chi connectivity index (χ2v) is 4.96. The Kier molecular flexibility index (Phi) is 4.37. The first-order chi connectivity index (χ1) is 8.74. The molecule has 2 rings (SSSR count). The molecule has 1 heterocycles. The average Bonchev–Trinajstić information content (AvgIpc) is 2.41. The van der Waals surface area contributed by atoms with Crippen molar-refractivity contribution < 1.29 is 4.79 Å². The normalized spacial score (nSPS) is 21.7. The van der Waals surface area contributed by atoms with Gasteiger partial charge in [0.25, 0.3) is 0 Å². The van der Waals surface area contributed by atoms with Gasteiger partial charge in [0.05, 0.1) is 5.92 Å². The van der Waals surface area contributed by atoms with E-state index in [9.17, 15) is 4.79 Å². The summed E-state index contributed by atoms with van der Waals surface area (Å²) in [6, 6.07) is 10.4. The van der Waals surface area contributed by atoms with E-state index in [4.69, 9.17) is 0 Å². The van der Waals surface area contributed by atoms with Crippen molar-refractivity contribution in [1.82, 2.24) is 10.2 Å². The zero-order valence-corrected chi connectivity index (χ0v) is 11.2. The van der Waals surface area contributed by atoms with Gasteiger partial charge in [-0.2, -0.15) is 0 Å². The summed E-state index contributed by atoms with van der Waals surface area (Å²) in [7, 11) is 0. The van der Waals surface area contributed by atoms with Crippen molar-refractivity contribution in [3.63, 3.8) is 0 Å². The van der Waals surface area contributed by atoms with E-state index in [1.165, 1.54) is 0 Å². The number of carbonyl (C=O) groups is 1. The third kappa shape index (κ3) is 2.72. The van der Waals surface area contributed by atoms with Crippen LogP contribution < -0.4 is 5.32 Å². The Bertz CT molecular complexity index is 391. The van der Waals surface area contributed by atoms with Gasteiger partial charge >= 0.3 is 0 Å².